The fourth-order valence-electron chi connectivity index (χ4n) is 1.98. The van der Waals surface area contributed by atoms with Crippen molar-refractivity contribution in [2.24, 2.45) is 0 Å². The Morgan fingerprint density at radius 2 is 2.28 bits per heavy atom. The molecule has 1 N–H and O–H groups in total. The second kappa shape index (κ2) is 5.87. The van der Waals surface area contributed by atoms with E-state index in [0.29, 0.717) is 6.54 Å². The lowest BCUT2D eigenvalue weighted by Gasteiger charge is -2.11. The van der Waals surface area contributed by atoms with Gasteiger partial charge in [-0.2, -0.15) is 0 Å². The second-order valence-electron chi connectivity index (χ2n) is 4.76. The summed E-state index contributed by atoms with van der Waals surface area (Å²) in [6.45, 7) is 2.02. The fourth-order valence-corrected chi connectivity index (χ4v) is 1.98. The summed E-state index contributed by atoms with van der Waals surface area (Å²) in [5.41, 5.74) is 2.60. The first-order chi connectivity index (χ1) is 8.66. The Morgan fingerprint density at radius 1 is 1.44 bits per heavy atom. The van der Waals surface area contributed by atoms with Crippen LogP contribution in [-0.4, -0.2) is 44.6 Å². The Labute approximate surface area is 108 Å². The van der Waals surface area contributed by atoms with Gasteiger partial charge in [0.15, 0.2) is 0 Å². The summed E-state index contributed by atoms with van der Waals surface area (Å²) in [5, 5.41) is 3.16. The summed E-state index contributed by atoms with van der Waals surface area (Å²) in [5.74, 6) is 1.13. The van der Waals surface area contributed by atoms with Gasteiger partial charge in [-0.3, -0.25) is 4.79 Å². The van der Waals surface area contributed by atoms with E-state index in [9.17, 15) is 4.79 Å². The highest BCUT2D eigenvalue weighted by atomic mass is 16.5. The van der Waals surface area contributed by atoms with Crippen LogP contribution < -0.4 is 10.1 Å². The van der Waals surface area contributed by atoms with Crippen molar-refractivity contribution in [3.05, 3.63) is 29.3 Å². The molecule has 1 aromatic rings. The summed E-state index contributed by atoms with van der Waals surface area (Å²) in [6.07, 6.45) is 1.95. The number of benzene rings is 1. The quantitative estimate of drug-likeness (QED) is 0.785. The molecule has 0 radical (unpaired) electrons. The van der Waals surface area contributed by atoms with Crippen LogP contribution in [0.3, 0.4) is 0 Å². The Morgan fingerprint density at radius 3 is 3.06 bits per heavy atom. The first-order valence-corrected chi connectivity index (χ1v) is 6.32. The van der Waals surface area contributed by atoms with E-state index >= 15 is 0 Å². The van der Waals surface area contributed by atoms with Crippen LogP contribution in [-0.2, 0) is 17.6 Å². The molecule has 0 saturated carbocycles. The molecule has 4 nitrogen and oxygen atoms in total. The molecule has 0 unspecified atom stereocenters. The highest BCUT2D eigenvalue weighted by molar-refractivity contribution is 5.77. The molecule has 1 aromatic carbocycles. The van der Waals surface area contributed by atoms with Crippen molar-refractivity contribution < 1.29 is 9.53 Å². The third-order valence-electron chi connectivity index (χ3n) is 3.12. The molecule has 1 aliphatic rings. The minimum atomic E-state index is 0.109. The zero-order valence-electron chi connectivity index (χ0n) is 11.0. The average Bonchev–Trinajstić information content (AvgIpc) is 2.81. The van der Waals surface area contributed by atoms with Gasteiger partial charge in [-0.05, 0) is 30.2 Å². The summed E-state index contributed by atoms with van der Waals surface area (Å²) in [7, 11) is 3.54. The molecule has 0 atom stereocenters. The van der Waals surface area contributed by atoms with E-state index in [1.54, 1.807) is 19.0 Å². The zero-order valence-corrected chi connectivity index (χ0v) is 11.0. The number of nitrogens with zero attached hydrogens (tertiary/aromatic N) is 1. The summed E-state index contributed by atoms with van der Waals surface area (Å²) < 4.78 is 5.47. The van der Waals surface area contributed by atoms with Crippen LogP contribution in [0.25, 0.3) is 0 Å². The van der Waals surface area contributed by atoms with Crippen LogP contribution in [0, 0.1) is 0 Å². The zero-order chi connectivity index (χ0) is 13.0. The first-order valence-electron chi connectivity index (χ1n) is 6.32. The largest absolute Gasteiger partial charge is 0.493 e. The molecule has 0 bridgehead atoms. The number of hydrogen-bond donors (Lipinski definition) is 1. The van der Waals surface area contributed by atoms with Crippen LogP contribution in [0.4, 0.5) is 0 Å². The summed E-state index contributed by atoms with van der Waals surface area (Å²) in [6, 6.07) is 6.35. The number of nitrogens with one attached hydrogen (secondary N) is 1. The monoisotopic (exact) mass is 248 g/mol. The van der Waals surface area contributed by atoms with E-state index in [4.69, 9.17) is 4.74 Å². The van der Waals surface area contributed by atoms with Crippen LogP contribution >= 0.6 is 0 Å². The Kier molecular flexibility index (Phi) is 4.20. The normalized spacial score (nSPS) is 13.0. The third kappa shape index (κ3) is 3.23. The van der Waals surface area contributed by atoms with Gasteiger partial charge in [0, 0.05) is 20.5 Å². The number of likely N-dealkylation sites (N-methyl/N-ethyl adjacent to an activating group) is 1. The van der Waals surface area contributed by atoms with Crippen molar-refractivity contribution in [3.8, 4) is 5.75 Å². The van der Waals surface area contributed by atoms with Crippen LogP contribution in [0.5, 0.6) is 5.75 Å². The molecule has 0 saturated heterocycles. The van der Waals surface area contributed by atoms with Crippen molar-refractivity contribution in [3.63, 3.8) is 0 Å². The van der Waals surface area contributed by atoms with E-state index < -0.39 is 0 Å². The van der Waals surface area contributed by atoms with Crippen molar-refractivity contribution in [2.45, 2.75) is 12.8 Å². The maximum atomic E-state index is 11.4. The second-order valence-corrected chi connectivity index (χ2v) is 4.76. The van der Waals surface area contributed by atoms with Gasteiger partial charge in [0.25, 0.3) is 0 Å². The molecule has 2 rings (SSSR count). The lowest BCUT2D eigenvalue weighted by molar-refractivity contribution is -0.127. The number of rotatable bonds is 5. The molecule has 18 heavy (non-hydrogen) atoms. The van der Waals surface area contributed by atoms with E-state index in [-0.39, 0.29) is 5.91 Å². The standard InChI is InChI=1S/C14H20N2O2/c1-16(2)14(17)10-15-7-5-11-3-4-13-12(9-11)6-8-18-13/h3-4,9,15H,5-8,10H2,1-2H3. The smallest absolute Gasteiger partial charge is 0.236 e. The van der Waals surface area contributed by atoms with Crippen LogP contribution in [0.2, 0.25) is 0 Å². The van der Waals surface area contributed by atoms with Gasteiger partial charge in [-0.25, -0.2) is 0 Å². The molecule has 1 amide bonds. The topological polar surface area (TPSA) is 41.6 Å². The van der Waals surface area contributed by atoms with E-state index in [2.05, 4.69) is 17.4 Å². The van der Waals surface area contributed by atoms with Gasteiger partial charge in [0.2, 0.25) is 5.91 Å². The molecule has 0 aromatic heterocycles. The number of fused-ring (bicyclic) bond motifs is 1. The predicted octanol–water partition coefficient (Wildman–Crippen LogP) is 0.842. The lowest BCUT2D eigenvalue weighted by atomic mass is 10.1. The van der Waals surface area contributed by atoms with Gasteiger partial charge < -0.3 is 15.0 Å². The third-order valence-corrected chi connectivity index (χ3v) is 3.12. The summed E-state index contributed by atoms with van der Waals surface area (Å²) >= 11 is 0. The van der Waals surface area contributed by atoms with Gasteiger partial charge in [-0.15, -0.1) is 0 Å². The number of ether oxygens (including phenoxy) is 1. The van der Waals surface area contributed by atoms with E-state index in [1.807, 2.05) is 6.07 Å². The average molecular weight is 248 g/mol. The minimum Gasteiger partial charge on any atom is -0.493 e. The molecule has 4 heteroatoms. The first kappa shape index (κ1) is 12.9. The SMILES string of the molecule is CN(C)C(=O)CNCCc1ccc2c(c1)CCO2. The van der Waals surface area contributed by atoms with Crippen molar-refractivity contribution in [2.75, 3.05) is 33.8 Å². The lowest BCUT2D eigenvalue weighted by Crippen LogP contribution is -2.33. The van der Waals surface area contributed by atoms with E-state index in [1.165, 1.54) is 11.1 Å². The Bertz CT molecular complexity index is 430. The van der Waals surface area contributed by atoms with Gasteiger partial charge in [0.1, 0.15) is 5.75 Å². The maximum absolute atomic E-state index is 11.4. The number of carbonyl (C=O) groups excluding carboxylic acids is 1. The molecule has 1 heterocycles. The van der Waals surface area contributed by atoms with Gasteiger partial charge in [0.05, 0.1) is 13.2 Å². The molecule has 0 aliphatic carbocycles. The van der Waals surface area contributed by atoms with Crippen LogP contribution in [0.1, 0.15) is 11.1 Å². The number of amides is 1. The Balaban J connectivity index is 1.75. The highest BCUT2D eigenvalue weighted by Gasteiger charge is 2.11. The summed E-state index contributed by atoms with van der Waals surface area (Å²) in [4.78, 5) is 13.0. The maximum Gasteiger partial charge on any atom is 0.236 e. The Hall–Kier alpha value is -1.55. The molecular weight excluding hydrogens is 228 g/mol. The van der Waals surface area contributed by atoms with Gasteiger partial charge in [-0.1, -0.05) is 12.1 Å². The van der Waals surface area contributed by atoms with E-state index in [0.717, 1.165) is 31.7 Å². The number of carbonyl (C=O) groups is 1. The molecule has 1 aliphatic heterocycles. The number of hydrogen-bond acceptors (Lipinski definition) is 3. The molecular formula is C14H20N2O2. The molecule has 98 valence electrons. The fraction of sp³-hybridized carbons (Fsp3) is 0.500. The minimum absolute atomic E-state index is 0.109. The molecule has 0 spiro atoms. The van der Waals surface area contributed by atoms with Crippen LogP contribution in [0.15, 0.2) is 18.2 Å². The molecule has 0 fully saturated rings. The highest BCUT2D eigenvalue weighted by Crippen LogP contribution is 2.25. The van der Waals surface area contributed by atoms with Crippen molar-refractivity contribution in [1.82, 2.24) is 10.2 Å². The predicted molar refractivity (Wildman–Crippen MR) is 70.9 cm³/mol. The van der Waals surface area contributed by atoms with Gasteiger partial charge >= 0.3 is 0 Å². The van der Waals surface area contributed by atoms with Crippen molar-refractivity contribution in [1.29, 1.82) is 0 Å². The van der Waals surface area contributed by atoms with Crippen molar-refractivity contribution >= 4 is 5.91 Å².